The Kier molecular flexibility index (Phi) is 2.84. The van der Waals surface area contributed by atoms with E-state index >= 15 is 0 Å². The molecule has 1 N–H and O–H groups in total. The minimum Gasteiger partial charge on any atom is -0.476 e. The Morgan fingerprint density at radius 1 is 1.47 bits per heavy atom. The summed E-state index contributed by atoms with van der Waals surface area (Å²) in [5, 5.41) is 8.84. The number of ether oxygens (including phenoxy) is 1. The van der Waals surface area contributed by atoms with Crippen LogP contribution in [0, 0.1) is 0 Å². The van der Waals surface area contributed by atoms with E-state index in [1.807, 2.05) is 0 Å². The molecule has 17 heavy (non-hydrogen) atoms. The van der Waals surface area contributed by atoms with Gasteiger partial charge in [-0.2, -0.15) is 0 Å². The van der Waals surface area contributed by atoms with Crippen molar-refractivity contribution in [2.24, 2.45) is 0 Å². The second-order valence-corrected chi connectivity index (χ2v) is 4.04. The molecule has 0 amide bonds. The predicted molar refractivity (Wildman–Crippen MR) is 61.2 cm³/mol. The monoisotopic (exact) mass is 298 g/mol. The van der Waals surface area contributed by atoms with Crippen LogP contribution in [-0.2, 0) is 4.74 Å². The number of carboxylic acids is 1. The van der Waals surface area contributed by atoms with Gasteiger partial charge in [0, 0.05) is 10.7 Å². The van der Waals surface area contributed by atoms with Crippen molar-refractivity contribution in [1.82, 2.24) is 9.38 Å². The third-order valence-electron chi connectivity index (χ3n) is 2.18. The second-order valence-electron chi connectivity index (χ2n) is 3.18. The molecule has 0 aromatic carbocycles. The molecule has 6 nitrogen and oxygen atoms in total. The SMILES string of the molecule is COC(=O)c1c(Br)ccc2nc(C(=O)O)cn12. The molecule has 0 aliphatic heterocycles. The predicted octanol–water partition coefficient (Wildman–Crippen LogP) is 1.58. The molecule has 0 fully saturated rings. The first-order valence-electron chi connectivity index (χ1n) is 4.54. The third-order valence-corrected chi connectivity index (χ3v) is 2.82. The van der Waals surface area contributed by atoms with Gasteiger partial charge in [-0.05, 0) is 28.1 Å². The lowest BCUT2D eigenvalue weighted by atomic mass is 10.3. The first-order valence-corrected chi connectivity index (χ1v) is 5.33. The number of rotatable bonds is 2. The molecular weight excluding hydrogens is 292 g/mol. The van der Waals surface area contributed by atoms with Crippen LogP contribution in [0.15, 0.2) is 22.8 Å². The molecule has 0 atom stereocenters. The Hall–Kier alpha value is -1.89. The van der Waals surface area contributed by atoms with Crippen molar-refractivity contribution in [2.75, 3.05) is 7.11 Å². The van der Waals surface area contributed by atoms with Gasteiger partial charge in [0.05, 0.1) is 7.11 Å². The molecule has 2 aromatic heterocycles. The molecule has 2 rings (SSSR count). The van der Waals surface area contributed by atoms with E-state index in [9.17, 15) is 9.59 Å². The molecule has 0 bridgehead atoms. The molecular formula is C10H7BrN2O4. The van der Waals surface area contributed by atoms with Crippen LogP contribution in [0.2, 0.25) is 0 Å². The number of aromatic nitrogens is 2. The molecule has 2 heterocycles. The van der Waals surface area contributed by atoms with Crippen LogP contribution in [0.1, 0.15) is 21.0 Å². The van der Waals surface area contributed by atoms with E-state index in [0.717, 1.165) is 0 Å². The highest BCUT2D eigenvalue weighted by Gasteiger charge is 2.18. The maximum absolute atomic E-state index is 11.6. The number of imidazole rings is 1. The first kappa shape index (κ1) is 11.6. The number of methoxy groups -OCH3 is 1. The Labute approximate surface area is 104 Å². The minimum absolute atomic E-state index is 0.131. The van der Waals surface area contributed by atoms with E-state index in [1.54, 1.807) is 12.1 Å². The number of pyridine rings is 1. The number of nitrogens with zero attached hydrogens (tertiary/aromatic N) is 2. The van der Waals surface area contributed by atoms with Gasteiger partial charge in [0.1, 0.15) is 11.3 Å². The smallest absolute Gasteiger partial charge is 0.356 e. The summed E-state index contributed by atoms with van der Waals surface area (Å²) >= 11 is 3.21. The molecule has 7 heteroatoms. The average Bonchev–Trinajstić information content (AvgIpc) is 2.72. The zero-order valence-electron chi connectivity index (χ0n) is 8.68. The van der Waals surface area contributed by atoms with E-state index in [4.69, 9.17) is 5.11 Å². The van der Waals surface area contributed by atoms with Crippen molar-refractivity contribution < 1.29 is 19.4 Å². The first-order chi connectivity index (χ1) is 8.04. The van der Waals surface area contributed by atoms with Crippen LogP contribution >= 0.6 is 15.9 Å². The number of carboxylic acid groups (broad SMARTS) is 1. The molecule has 0 aliphatic carbocycles. The third kappa shape index (κ3) is 1.89. The highest BCUT2D eigenvalue weighted by molar-refractivity contribution is 9.10. The lowest BCUT2D eigenvalue weighted by Crippen LogP contribution is -2.08. The van der Waals surface area contributed by atoms with Gasteiger partial charge in [-0.25, -0.2) is 14.6 Å². The minimum atomic E-state index is -1.15. The van der Waals surface area contributed by atoms with Gasteiger partial charge < -0.3 is 9.84 Å². The fourth-order valence-corrected chi connectivity index (χ4v) is 1.91. The van der Waals surface area contributed by atoms with E-state index < -0.39 is 11.9 Å². The number of halogens is 1. The zero-order valence-corrected chi connectivity index (χ0v) is 10.3. The largest absolute Gasteiger partial charge is 0.476 e. The number of hydrogen-bond donors (Lipinski definition) is 1. The van der Waals surface area contributed by atoms with Crippen LogP contribution in [0.5, 0.6) is 0 Å². The van der Waals surface area contributed by atoms with Gasteiger partial charge in [-0.15, -0.1) is 0 Å². The maximum atomic E-state index is 11.6. The summed E-state index contributed by atoms with van der Waals surface area (Å²) in [5.41, 5.74) is 0.434. The van der Waals surface area contributed by atoms with Crippen LogP contribution in [0.4, 0.5) is 0 Å². The van der Waals surface area contributed by atoms with E-state index in [1.165, 1.54) is 17.7 Å². The van der Waals surface area contributed by atoms with Gasteiger partial charge in [-0.3, -0.25) is 4.40 Å². The van der Waals surface area contributed by atoms with Crippen LogP contribution in [0.25, 0.3) is 5.65 Å². The molecule has 0 aliphatic rings. The highest BCUT2D eigenvalue weighted by Crippen LogP contribution is 2.20. The van der Waals surface area contributed by atoms with E-state index in [0.29, 0.717) is 10.1 Å². The normalized spacial score (nSPS) is 10.5. The Morgan fingerprint density at radius 2 is 2.18 bits per heavy atom. The Balaban J connectivity index is 2.76. The van der Waals surface area contributed by atoms with Crippen LogP contribution in [0.3, 0.4) is 0 Å². The number of hydrogen-bond acceptors (Lipinski definition) is 4. The fourth-order valence-electron chi connectivity index (χ4n) is 1.43. The summed E-state index contributed by atoms with van der Waals surface area (Å²) < 4.78 is 6.51. The number of carbonyl (C=O) groups is 2. The van der Waals surface area contributed by atoms with Crippen molar-refractivity contribution in [1.29, 1.82) is 0 Å². The van der Waals surface area contributed by atoms with E-state index in [2.05, 4.69) is 25.7 Å². The topological polar surface area (TPSA) is 80.9 Å². The summed E-state index contributed by atoms with van der Waals surface area (Å²) in [6.45, 7) is 0. The van der Waals surface area contributed by atoms with Crippen LogP contribution < -0.4 is 0 Å². The van der Waals surface area contributed by atoms with Gasteiger partial charge >= 0.3 is 11.9 Å². The quantitative estimate of drug-likeness (QED) is 0.852. The van der Waals surface area contributed by atoms with Crippen molar-refractivity contribution in [3.05, 3.63) is 34.2 Å². The lowest BCUT2D eigenvalue weighted by Gasteiger charge is -2.04. The van der Waals surface area contributed by atoms with Gasteiger partial charge in [0.15, 0.2) is 5.69 Å². The Bertz CT molecular complexity index is 620. The van der Waals surface area contributed by atoms with Crippen molar-refractivity contribution in [2.45, 2.75) is 0 Å². The summed E-state index contributed by atoms with van der Waals surface area (Å²) in [6.07, 6.45) is 1.27. The van der Waals surface area contributed by atoms with Gasteiger partial charge in [0.25, 0.3) is 0 Å². The van der Waals surface area contributed by atoms with Crippen molar-refractivity contribution >= 4 is 33.5 Å². The average molecular weight is 299 g/mol. The molecule has 0 spiro atoms. The summed E-state index contributed by atoms with van der Waals surface area (Å²) in [6, 6.07) is 3.21. The van der Waals surface area contributed by atoms with E-state index in [-0.39, 0.29) is 11.4 Å². The molecule has 0 saturated carbocycles. The summed E-state index contributed by atoms with van der Waals surface area (Å²) in [7, 11) is 1.25. The van der Waals surface area contributed by atoms with Gasteiger partial charge in [-0.1, -0.05) is 0 Å². The standard InChI is InChI=1S/C10H7BrN2O4/c1-17-10(16)8-5(11)2-3-7-12-6(9(14)15)4-13(7)8/h2-4H,1H3,(H,14,15). The number of carbonyl (C=O) groups excluding carboxylic acids is 1. The highest BCUT2D eigenvalue weighted by atomic mass is 79.9. The van der Waals surface area contributed by atoms with Crippen molar-refractivity contribution in [3.63, 3.8) is 0 Å². The molecule has 2 aromatic rings. The molecule has 0 saturated heterocycles. The number of esters is 1. The molecule has 0 unspecified atom stereocenters. The maximum Gasteiger partial charge on any atom is 0.356 e. The lowest BCUT2D eigenvalue weighted by molar-refractivity contribution is 0.0589. The Morgan fingerprint density at radius 3 is 2.76 bits per heavy atom. The van der Waals surface area contributed by atoms with Crippen molar-refractivity contribution in [3.8, 4) is 0 Å². The summed E-state index contributed by atoms with van der Waals surface area (Å²) in [5.74, 6) is -1.72. The molecule has 88 valence electrons. The van der Waals surface area contributed by atoms with Gasteiger partial charge in [0.2, 0.25) is 0 Å². The fraction of sp³-hybridized carbons (Fsp3) is 0.100. The zero-order chi connectivity index (χ0) is 12.6. The molecule has 0 radical (unpaired) electrons. The second kappa shape index (κ2) is 4.17. The number of aromatic carboxylic acids is 1. The summed E-state index contributed by atoms with van der Waals surface area (Å²) in [4.78, 5) is 26.2. The number of fused-ring (bicyclic) bond motifs is 1. The van der Waals surface area contributed by atoms with Crippen LogP contribution in [-0.4, -0.2) is 33.5 Å².